The van der Waals surface area contributed by atoms with Crippen molar-refractivity contribution >= 4 is 18.9 Å². The molecule has 1 rings (SSSR count). The van der Waals surface area contributed by atoms with E-state index in [9.17, 15) is 19.4 Å². The number of hydrogen-bond acceptors (Lipinski definition) is 4. The summed E-state index contributed by atoms with van der Waals surface area (Å²) in [6.07, 6.45) is -1.41. The van der Waals surface area contributed by atoms with Crippen LogP contribution in [0.3, 0.4) is 0 Å². The fourth-order valence-electron chi connectivity index (χ4n) is 1.35. The van der Waals surface area contributed by atoms with Gasteiger partial charge in [-0.2, -0.15) is 12.6 Å². The smallest absolute Gasteiger partial charge is 0.153 e. The van der Waals surface area contributed by atoms with Crippen LogP contribution in [0.2, 0.25) is 0 Å². The Balaban J connectivity index is 2.91. The van der Waals surface area contributed by atoms with Crippen LogP contribution in [-0.2, 0) is 0 Å². The van der Waals surface area contributed by atoms with E-state index in [0.29, 0.717) is 24.0 Å². The molecule has 0 bridgehead atoms. The Hall–Kier alpha value is -0.910. The standard InChI is InChI=1S/C11H13FO3S/c12-9-2-1-7(5-8(9)6-13)11(15)10(14)3-4-16/h1-2,5-6,10-11,14-16H,3-4H2. The summed E-state index contributed by atoms with van der Waals surface area (Å²) < 4.78 is 13.0. The number of aliphatic hydroxyl groups excluding tert-OH is 2. The Morgan fingerprint density at radius 2 is 2.12 bits per heavy atom. The molecule has 0 aromatic heterocycles. The Bertz CT molecular complexity index is 370. The highest BCUT2D eigenvalue weighted by atomic mass is 32.1. The van der Waals surface area contributed by atoms with Gasteiger partial charge in [-0.15, -0.1) is 0 Å². The van der Waals surface area contributed by atoms with Crippen molar-refractivity contribution in [3.8, 4) is 0 Å². The Morgan fingerprint density at radius 1 is 1.44 bits per heavy atom. The summed E-state index contributed by atoms with van der Waals surface area (Å²) in [6.45, 7) is 0. The molecule has 0 spiro atoms. The van der Waals surface area contributed by atoms with Gasteiger partial charge in [-0.1, -0.05) is 6.07 Å². The molecule has 16 heavy (non-hydrogen) atoms. The number of carbonyl (C=O) groups excluding carboxylic acids is 1. The van der Waals surface area contributed by atoms with Gasteiger partial charge in [0.2, 0.25) is 0 Å². The highest BCUT2D eigenvalue weighted by molar-refractivity contribution is 7.80. The molecule has 1 aromatic rings. The van der Waals surface area contributed by atoms with Crippen LogP contribution in [0, 0.1) is 5.82 Å². The Kier molecular flexibility index (Phi) is 4.92. The van der Waals surface area contributed by atoms with Crippen molar-refractivity contribution < 1.29 is 19.4 Å². The van der Waals surface area contributed by atoms with Gasteiger partial charge in [0, 0.05) is 0 Å². The van der Waals surface area contributed by atoms with Crippen molar-refractivity contribution in [1.82, 2.24) is 0 Å². The fourth-order valence-corrected chi connectivity index (χ4v) is 1.61. The van der Waals surface area contributed by atoms with Crippen molar-refractivity contribution in [3.05, 3.63) is 35.1 Å². The van der Waals surface area contributed by atoms with Crippen LogP contribution in [0.25, 0.3) is 0 Å². The van der Waals surface area contributed by atoms with Crippen molar-refractivity contribution in [2.45, 2.75) is 18.6 Å². The maximum atomic E-state index is 13.0. The van der Waals surface area contributed by atoms with Crippen LogP contribution < -0.4 is 0 Å². The Morgan fingerprint density at radius 3 is 2.69 bits per heavy atom. The lowest BCUT2D eigenvalue weighted by Gasteiger charge is -2.17. The molecule has 0 radical (unpaired) electrons. The summed E-state index contributed by atoms with van der Waals surface area (Å²) in [5, 5.41) is 19.2. The molecule has 5 heteroatoms. The predicted octanol–water partition coefficient (Wildman–Crippen LogP) is 1.35. The van der Waals surface area contributed by atoms with E-state index in [1.807, 2.05) is 0 Å². The highest BCUT2D eigenvalue weighted by Gasteiger charge is 2.18. The van der Waals surface area contributed by atoms with Crippen molar-refractivity contribution in [2.75, 3.05) is 5.75 Å². The third-order valence-corrected chi connectivity index (χ3v) is 2.54. The third kappa shape index (κ3) is 3.04. The maximum Gasteiger partial charge on any atom is 0.153 e. The van der Waals surface area contributed by atoms with Crippen molar-refractivity contribution in [2.24, 2.45) is 0 Å². The van der Waals surface area contributed by atoms with Gasteiger partial charge in [-0.05, 0) is 29.9 Å². The topological polar surface area (TPSA) is 57.5 Å². The molecule has 0 fully saturated rings. The third-order valence-electron chi connectivity index (χ3n) is 2.28. The van der Waals surface area contributed by atoms with Gasteiger partial charge in [0.1, 0.15) is 11.9 Å². The lowest BCUT2D eigenvalue weighted by atomic mass is 10.0. The molecular weight excluding hydrogens is 231 g/mol. The number of rotatable bonds is 5. The summed E-state index contributed by atoms with van der Waals surface area (Å²) in [5.74, 6) is -0.213. The molecule has 0 saturated heterocycles. The molecule has 0 aliphatic heterocycles. The number of hydrogen-bond donors (Lipinski definition) is 3. The second-order valence-corrected chi connectivity index (χ2v) is 3.87. The first-order valence-electron chi connectivity index (χ1n) is 4.81. The molecule has 2 N–H and O–H groups in total. The van der Waals surface area contributed by atoms with Gasteiger partial charge in [0.25, 0.3) is 0 Å². The van der Waals surface area contributed by atoms with Crippen LogP contribution >= 0.6 is 12.6 Å². The molecule has 1 aromatic carbocycles. The van der Waals surface area contributed by atoms with E-state index in [4.69, 9.17) is 0 Å². The zero-order valence-electron chi connectivity index (χ0n) is 8.51. The van der Waals surface area contributed by atoms with Crippen molar-refractivity contribution in [1.29, 1.82) is 0 Å². The molecule has 88 valence electrons. The zero-order valence-corrected chi connectivity index (χ0v) is 9.40. The van der Waals surface area contributed by atoms with Crippen LogP contribution in [0.5, 0.6) is 0 Å². The average Bonchev–Trinajstić information content (AvgIpc) is 2.29. The summed E-state index contributed by atoms with van der Waals surface area (Å²) in [4.78, 5) is 10.5. The first kappa shape index (κ1) is 13.2. The molecule has 2 atom stereocenters. The zero-order chi connectivity index (χ0) is 12.1. The second kappa shape index (κ2) is 5.98. The van der Waals surface area contributed by atoms with E-state index in [0.717, 1.165) is 6.07 Å². The molecule has 0 aliphatic carbocycles. The van der Waals surface area contributed by atoms with Gasteiger partial charge in [-0.3, -0.25) is 4.79 Å². The van der Waals surface area contributed by atoms with E-state index in [2.05, 4.69) is 12.6 Å². The van der Waals surface area contributed by atoms with E-state index in [1.165, 1.54) is 12.1 Å². The van der Waals surface area contributed by atoms with Crippen LogP contribution in [0.4, 0.5) is 4.39 Å². The van der Waals surface area contributed by atoms with Crippen molar-refractivity contribution in [3.63, 3.8) is 0 Å². The quantitative estimate of drug-likeness (QED) is 0.541. The van der Waals surface area contributed by atoms with E-state index in [1.54, 1.807) is 0 Å². The SMILES string of the molecule is O=Cc1cc(C(O)C(O)CCS)ccc1F. The molecular formula is C11H13FO3S. The van der Waals surface area contributed by atoms with Crippen LogP contribution in [0.15, 0.2) is 18.2 Å². The minimum Gasteiger partial charge on any atom is -0.390 e. The van der Waals surface area contributed by atoms with E-state index in [-0.39, 0.29) is 5.56 Å². The second-order valence-electron chi connectivity index (χ2n) is 3.42. The normalized spacial score (nSPS) is 14.5. The van der Waals surface area contributed by atoms with Crippen LogP contribution in [0.1, 0.15) is 28.4 Å². The Labute approximate surface area is 98.3 Å². The van der Waals surface area contributed by atoms with Gasteiger partial charge >= 0.3 is 0 Å². The predicted molar refractivity (Wildman–Crippen MR) is 61.2 cm³/mol. The number of halogens is 1. The molecule has 0 aliphatic rings. The van der Waals surface area contributed by atoms with Gasteiger partial charge in [0.05, 0.1) is 11.7 Å². The molecule has 0 heterocycles. The van der Waals surface area contributed by atoms with E-state index < -0.39 is 18.0 Å². The fraction of sp³-hybridized carbons (Fsp3) is 0.364. The van der Waals surface area contributed by atoms with Crippen LogP contribution in [-0.4, -0.2) is 28.4 Å². The lowest BCUT2D eigenvalue weighted by molar-refractivity contribution is 0.0172. The summed E-state index contributed by atoms with van der Waals surface area (Å²) in [6, 6.07) is 3.67. The van der Waals surface area contributed by atoms with Gasteiger partial charge < -0.3 is 10.2 Å². The lowest BCUT2D eigenvalue weighted by Crippen LogP contribution is -2.19. The summed E-state index contributed by atoms with van der Waals surface area (Å²) in [5.41, 5.74) is 0.187. The number of carbonyl (C=O) groups is 1. The first-order chi connectivity index (χ1) is 7.60. The molecule has 2 unspecified atom stereocenters. The van der Waals surface area contributed by atoms with Gasteiger partial charge in [-0.25, -0.2) is 4.39 Å². The average molecular weight is 244 g/mol. The van der Waals surface area contributed by atoms with E-state index >= 15 is 0 Å². The first-order valence-corrected chi connectivity index (χ1v) is 5.45. The highest BCUT2D eigenvalue weighted by Crippen LogP contribution is 2.21. The number of aliphatic hydroxyl groups is 2. The molecule has 0 saturated carbocycles. The summed E-state index contributed by atoms with van der Waals surface area (Å²) in [7, 11) is 0. The molecule has 0 amide bonds. The minimum atomic E-state index is -1.13. The maximum absolute atomic E-state index is 13.0. The monoisotopic (exact) mass is 244 g/mol. The minimum absolute atomic E-state index is 0.130. The summed E-state index contributed by atoms with van der Waals surface area (Å²) >= 11 is 3.93. The molecule has 3 nitrogen and oxygen atoms in total. The van der Waals surface area contributed by atoms with Gasteiger partial charge in [0.15, 0.2) is 6.29 Å². The largest absolute Gasteiger partial charge is 0.390 e. The number of aldehydes is 1. The number of thiol groups is 1. The number of benzene rings is 1.